The number of furan rings is 1. The molecular formula is C32H35F3N6O5. The molecule has 2 aromatic carbocycles. The topological polar surface area (TPSA) is 136 Å². The summed E-state index contributed by atoms with van der Waals surface area (Å²) in [6.45, 7) is 2.11. The van der Waals surface area contributed by atoms with E-state index in [1.165, 1.54) is 29.2 Å². The van der Waals surface area contributed by atoms with E-state index in [2.05, 4.69) is 15.6 Å². The van der Waals surface area contributed by atoms with Gasteiger partial charge >= 0.3 is 6.18 Å². The number of anilines is 1. The molecule has 0 saturated carbocycles. The molecule has 1 atom stereocenters. The Morgan fingerprint density at radius 3 is 2.30 bits per heavy atom. The molecular weight excluding hydrogens is 605 g/mol. The van der Waals surface area contributed by atoms with Gasteiger partial charge < -0.3 is 24.9 Å². The van der Waals surface area contributed by atoms with E-state index in [0.29, 0.717) is 50.2 Å². The first-order valence-electron chi connectivity index (χ1n) is 15.1. The SMILES string of the molecule is Cc1cc2cc(NC(=NC3CCCCN(CC(=O)N4CCCC4)C3=O)NC(=O)c3ccc(C(=O)NCC(F)(F)F)cc3)ccc2o1. The van der Waals surface area contributed by atoms with E-state index in [1.807, 2.05) is 13.0 Å². The lowest BCUT2D eigenvalue weighted by atomic mass is 10.1. The number of rotatable bonds is 7. The van der Waals surface area contributed by atoms with Crippen molar-refractivity contribution in [2.24, 2.45) is 4.99 Å². The van der Waals surface area contributed by atoms with Crippen molar-refractivity contribution in [3.8, 4) is 0 Å². The highest BCUT2D eigenvalue weighted by atomic mass is 19.4. The van der Waals surface area contributed by atoms with Crippen molar-refractivity contribution in [1.82, 2.24) is 20.4 Å². The Kier molecular flexibility index (Phi) is 9.93. The summed E-state index contributed by atoms with van der Waals surface area (Å²) in [6, 6.07) is 11.4. The molecule has 11 nitrogen and oxygen atoms in total. The molecule has 46 heavy (non-hydrogen) atoms. The van der Waals surface area contributed by atoms with E-state index < -0.39 is 30.6 Å². The second-order valence-electron chi connectivity index (χ2n) is 11.4. The van der Waals surface area contributed by atoms with Crippen LogP contribution < -0.4 is 16.0 Å². The van der Waals surface area contributed by atoms with Gasteiger partial charge in [-0.25, -0.2) is 4.99 Å². The van der Waals surface area contributed by atoms with Gasteiger partial charge in [0, 0.05) is 41.8 Å². The van der Waals surface area contributed by atoms with Crippen LogP contribution in [0.4, 0.5) is 18.9 Å². The normalized spacial score (nSPS) is 17.6. The van der Waals surface area contributed by atoms with Crippen molar-refractivity contribution in [2.45, 2.75) is 51.2 Å². The molecule has 5 rings (SSSR count). The van der Waals surface area contributed by atoms with Gasteiger partial charge in [-0.1, -0.05) is 0 Å². The average molecular weight is 641 g/mol. The van der Waals surface area contributed by atoms with Crippen molar-refractivity contribution in [1.29, 1.82) is 0 Å². The summed E-state index contributed by atoms with van der Waals surface area (Å²) >= 11 is 0. The highest BCUT2D eigenvalue weighted by Crippen LogP contribution is 2.23. The van der Waals surface area contributed by atoms with Crippen LogP contribution in [0.2, 0.25) is 0 Å². The molecule has 1 unspecified atom stereocenters. The minimum atomic E-state index is -4.56. The van der Waals surface area contributed by atoms with E-state index in [-0.39, 0.29) is 35.4 Å². The van der Waals surface area contributed by atoms with E-state index >= 15 is 0 Å². The van der Waals surface area contributed by atoms with Gasteiger partial charge in [0.2, 0.25) is 17.8 Å². The molecule has 4 amide bonds. The number of hydrogen-bond acceptors (Lipinski definition) is 6. The standard InChI is InChI=1S/C32H35F3N6O5/c1-20-16-23-17-24(11-12-26(23)46-20)37-31(39-29(44)22-9-7-21(8-10-22)28(43)36-19-32(33,34)35)38-25-6-2-3-15-41(30(25)45)18-27(42)40-13-4-5-14-40/h7-12,16-17,25H,2-6,13-15,18-19H2,1H3,(H,36,43)(H2,37,38,39,44). The van der Waals surface area contributed by atoms with Gasteiger partial charge in [-0.05, 0) is 87.6 Å². The van der Waals surface area contributed by atoms with Crippen molar-refractivity contribution in [3.63, 3.8) is 0 Å². The second-order valence-corrected chi connectivity index (χ2v) is 11.4. The number of likely N-dealkylation sites (tertiary alicyclic amines) is 2. The number of aryl methyl sites for hydroxylation is 1. The van der Waals surface area contributed by atoms with Crippen molar-refractivity contribution >= 4 is 46.2 Å². The zero-order chi connectivity index (χ0) is 32.8. The Morgan fingerprint density at radius 1 is 0.935 bits per heavy atom. The van der Waals surface area contributed by atoms with Crippen molar-refractivity contribution in [3.05, 3.63) is 65.4 Å². The summed E-state index contributed by atoms with van der Waals surface area (Å²) in [4.78, 5) is 59.8. The smallest absolute Gasteiger partial charge is 0.405 e. The van der Waals surface area contributed by atoms with Crippen LogP contribution in [-0.2, 0) is 9.59 Å². The first-order valence-corrected chi connectivity index (χ1v) is 15.1. The number of benzene rings is 2. The highest BCUT2D eigenvalue weighted by molar-refractivity contribution is 6.11. The molecule has 0 aliphatic carbocycles. The van der Waals surface area contributed by atoms with Gasteiger partial charge in [0.1, 0.15) is 23.9 Å². The predicted molar refractivity (Wildman–Crippen MR) is 164 cm³/mol. The summed E-state index contributed by atoms with van der Waals surface area (Å²) < 4.78 is 43.1. The van der Waals surface area contributed by atoms with E-state index in [4.69, 9.17) is 4.42 Å². The van der Waals surface area contributed by atoms with Gasteiger partial charge in [0.15, 0.2) is 0 Å². The number of fused-ring (bicyclic) bond motifs is 1. The predicted octanol–water partition coefficient (Wildman–Crippen LogP) is 4.23. The summed E-state index contributed by atoms with van der Waals surface area (Å²) in [7, 11) is 0. The lowest BCUT2D eigenvalue weighted by Crippen LogP contribution is -2.45. The maximum absolute atomic E-state index is 13.6. The van der Waals surface area contributed by atoms with Crippen LogP contribution in [0.15, 0.2) is 57.9 Å². The number of aliphatic imine (C=N–C) groups is 1. The van der Waals surface area contributed by atoms with Crippen LogP contribution in [-0.4, -0.2) is 84.3 Å². The van der Waals surface area contributed by atoms with Crippen molar-refractivity contribution < 1.29 is 36.8 Å². The minimum Gasteiger partial charge on any atom is -0.461 e. The molecule has 2 aliphatic rings. The van der Waals surface area contributed by atoms with Crippen molar-refractivity contribution in [2.75, 3.05) is 38.0 Å². The van der Waals surface area contributed by atoms with Gasteiger partial charge in [-0.3, -0.25) is 24.5 Å². The first-order chi connectivity index (χ1) is 21.9. The number of amides is 4. The zero-order valence-corrected chi connectivity index (χ0v) is 25.3. The van der Waals surface area contributed by atoms with Gasteiger partial charge in [0.05, 0.1) is 6.54 Å². The molecule has 2 fully saturated rings. The first kappa shape index (κ1) is 32.5. The lowest BCUT2D eigenvalue weighted by molar-refractivity contribution is -0.140. The molecule has 0 radical (unpaired) electrons. The highest BCUT2D eigenvalue weighted by Gasteiger charge is 2.31. The third-order valence-corrected chi connectivity index (χ3v) is 7.81. The molecule has 2 saturated heterocycles. The Bertz CT molecular complexity index is 1630. The van der Waals surface area contributed by atoms with Crippen LogP contribution >= 0.6 is 0 Å². The Hall–Kier alpha value is -4.88. The fourth-order valence-electron chi connectivity index (χ4n) is 5.47. The summed E-state index contributed by atoms with van der Waals surface area (Å²) in [5, 5.41) is 8.39. The van der Waals surface area contributed by atoms with Crippen LogP contribution in [0, 0.1) is 6.92 Å². The summed E-state index contributed by atoms with van der Waals surface area (Å²) in [6.07, 6.45) is -0.861. The fourth-order valence-corrected chi connectivity index (χ4v) is 5.47. The number of hydrogen-bond donors (Lipinski definition) is 3. The molecule has 14 heteroatoms. The molecule has 3 heterocycles. The maximum Gasteiger partial charge on any atom is 0.405 e. The zero-order valence-electron chi connectivity index (χ0n) is 25.3. The number of guanidine groups is 1. The second kappa shape index (κ2) is 14.0. The fraction of sp³-hybridized carbons (Fsp3) is 0.406. The number of nitrogens with zero attached hydrogens (tertiary/aromatic N) is 3. The monoisotopic (exact) mass is 640 g/mol. The quantitative estimate of drug-likeness (QED) is 0.261. The van der Waals surface area contributed by atoms with Gasteiger partial charge in [-0.15, -0.1) is 0 Å². The third kappa shape index (κ3) is 8.43. The van der Waals surface area contributed by atoms with E-state index in [9.17, 15) is 32.3 Å². The number of nitrogens with one attached hydrogen (secondary N) is 3. The molecule has 3 aromatic rings. The summed E-state index contributed by atoms with van der Waals surface area (Å²) in [5.74, 6) is -1.26. The number of alkyl halides is 3. The van der Waals surface area contributed by atoms with Gasteiger partial charge in [0.25, 0.3) is 11.8 Å². The van der Waals surface area contributed by atoms with Crippen LogP contribution in [0.3, 0.4) is 0 Å². The largest absolute Gasteiger partial charge is 0.461 e. The lowest BCUT2D eigenvalue weighted by Gasteiger charge is -2.25. The Morgan fingerprint density at radius 2 is 1.61 bits per heavy atom. The maximum atomic E-state index is 13.6. The Balaban J connectivity index is 1.36. The van der Waals surface area contributed by atoms with Crippen LogP contribution in [0.5, 0.6) is 0 Å². The molecule has 2 aliphatic heterocycles. The third-order valence-electron chi connectivity index (χ3n) is 7.81. The number of halogens is 3. The van der Waals surface area contributed by atoms with Gasteiger partial charge in [-0.2, -0.15) is 13.2 Å². The molecule has 0 bridgehead atoms. The minimum absolute atomic E-state index is 0.0115. The van der Waals surface area contributed by atoms with Crippen LogP contribution in [0.25, 0.3) is 11.0 Å². The number of carbonyl (C=O) groups excluding carboxylic acids is 4. The molecule has 244 valence electrons. The van der Waals surface area contributed by atoms with Crippen LogP contribution in [0.1, 0.15) is 58.6 Å². The number of carbonyl (C=O) groups is 4. The Labute approximate surface area is 263 Å². The molecule has 3 N–H and O–H groups in total. The molecule has 0 spiro atoms. The molecule has 1 aromatic heterocycles. The average Bonchev–Trinajstić information content (AvgIpc) is 3.65. The van der Waals surface area contributed by atoms with E-state index in [1.54, 1.807) is 28.4 Å². The summed E-state index contributed by atoms with van der Waals surface area (Å²) in [5.41, 5.74) is 1.28. The van der Waals surface area contributed by atoms with E-state index in [0.717, 1.165) is 24.0 Å².